The second-order valence-corrected chi connectivity index (χ2v) is 7.67. The summed E-state index contributed by atoms with van der Waals surface area (Å²) in [5, 5.41) is 2.73. The number of methoxy groups -OCH3 is 2. The van der Waals surface area contributed by atoms with Crippen molar-refractivity contribution in [2.24, 2.45) is 0 Å². The highest BCUT2D eigenvalue weighted by atomic mass is 16.5. The third kappa shape index (κ3) is 4.54. The minimum atomic E-state index is -0.851. The number of hydrogen-bond donors (Lipinski definition) is 1. The van der Waals surface area contributed by atoms with Gasteiger partial charge in [0, 0.05) is 18.7 Å². The molecule has 3 aromatic rings. The van der Waals surface area contributed by atoms with E-state index in [4.69, 9.17) is 13.9 Å². The monoisotopic (exact) mass is 462 g/mol. The topological polar surface area (TPSA) is 115 Å². The zero-order chi connectivity index (χ0) is 24.2. The van der Waals surface area contributed by atoms with Crippen molar-refractivity contribution in [2.45, 2.75) is 19.0 Å². The van der Waals surface area contributed by atoms with Gasteiger partial charge in [-0.15, -0.1) is 0 Å². The van der Waals surface area contributed by atoms with E-state index < -0.39 is 29.8 Å². The van der Waals surface area contributed by atoms with Crippen LogP contribution < -0.4 is 5.32 Å². The SMILES string of the molecule is COC(=O)c1cc(NC(=O)C2Cc3ccccc3CN2C(=O)c2ccco2)cc(C(=O)OC)c1. The van der Waals surface area contributed by atoms with Crippen molar-refractivity contribution >= 4 is 29.4 Å². The van der Waals surface area contributed by atoms with E-state index in [9.17, 15) is 19.2 Å². The first-order valence-electron chi connectivity index (χ1n) is 10.4. The highest BCUT2D eigenvalue weighted by Gasteiger charge is 2.36. The van der Waals surface area contributed by atoms with Gasteiger partial charge in [-0.2, -0.15) is 0 Å². The number of furan rings is 1. The van der Waals surface area contributed by atoms with Crippen LogP contribution in [0.1, 0.15) is 42.4 Å². The molecule has 0 bridgehead atoms. The Morgan fingerprint density at radius 3 is 2.15 bits per heavy atom. The second-order valence-electron chi connectivity index (χ2n) is 7.67. The van der Waals surface area contributed by atoms with Crippen LogP contribution in [0.25, 0.3) is 0 Å². The molecule has 1 aliphatic heterocycles. The van der Waals surface area contributed by atoms with E-state index in [1.165, 1.54) is 43.6 Å². The summed E-state index contributed by atoms with van der Waals surface area (Å²) >= 11 is 0. The van der Waals surface area contributed by atoms with Crippen LogP contribution in [0.15, 0.2) is 65.3 Å². The number of hydrogen-bond acceptors (Lipinski definition) is 7. The van der Waals surface area contributed by atoms with Gasteiger partial charge in [-0.1, -0.05) is 24.3 Å². The van der Waals surface area contributed by atoms with Gasteiger partial charge in [0.05, 0.1) is 31.6 Å². The van der Waals surface area contributed by atoms with E-state index in [1.54, 1.807) is 12.1 Å². The summed E-state index contributed by atoms with van der Waals surface area (Å²) in [6, 6.07) is 14.0. The molecule has 1 aliphatic rings. The number of nitrogens with zero attached hydrogens (tertiary/aromatic N) is 1. The summed E-state index contributed by atoms with van der Waals surface area (Å²) in [6.07, 6.45) is 1.68. The first-order valence-corrected chi connectivity index (χ1v) is 10.4. The molecule has 0 fully saturated rings. The summed E-state index contributed by atoms with van der Waals surface area (Å²) in [6.45, 7) is 0.226. The smallest absolute Gasteiger partial charge is 0.337 e. The number of fused-ring (bicyclic) bond motifs is 1. The predicted molar refractivity (Wildman–Crippen MR) is 120 cm³/mol. The standard InChI is InChI=1S/C25H22N2O7/c1-32-24(30)17-10-18(25(31)33-2)12-19(11-17)26-22(28)20-13-15-6-3-4-7-16(15)14-27(20)23(29)21-8-5-9-34-21/h3-12,20H,13-14H2,1-2H3,(H,26,28). The van der Waals surface area contributed by atoms with Crippen LogP contribution in [-0.4, -0.2) is 48.9 Å². The molecule has 9 heteroatoms. The fraction of sp³-hybridized carbons (Fsp3) is 0.200. The van der Waals surface area contributed by atoms with Gasteiger partial charge in [-0.05, 0) is 41.5 Å². The molecule has 9 nitrogen and oxygen atoms in total. The Labute approximate surface area is 195 Å². The Bertz CT molecular complexity index is 1220. The molecular formula is C25H22N2O7. The lowest BCUT2D eigenvalue weighted by Crippen LogP contribution is -2.50. The summed E-state index contributed by atoms with van der Waals surface area (Å²) < 4.78 is 14.8. The van der Waals surface area contributed by atoms with E-state index in [2.05, 4.69) is 5.32 Å². The van der Waals surface area contributed by atoms with Crippen LogP contribution >= 0.6 is 0 Å². The van der Waals surface area contributed by atoms with Crippen molar-refractivity contribution in [1.82, 2.24) is 4.90 Å². The summed E-state index contributed by atoms with van der Waals surface area (Å²) in [7, 11) is 2.42. The molecule has 2 aromatic carbocycles. The van der Waals surface area contributed by atoms with Crippen LogP contribution in [0.2, 0.25) is 0 Å². The van der Waals surface area contributed by atoms with Crippen LogP contribution in [0, 0.1) is 0 Å². The lowest BCUT2D eigenvalue weighted by Gasteiger charge is -2.35. The number of anilines is 1. The molecule has 0 radical (unpaired) electrons. The number of benzene rings is 2. The normalized spacial score (nSPS) is 14.6. The maximum Gasteiger partial charge on any atom is 0.337 e. The van der Waals surface area contributed by atoms with Gasteiger partial charge < -0.3 is 24.1 Å². The largest absolute Gasteiger partial charge is 0.465 e. The van der Waals surface area contributed by atoms with Gasteiger partial charge >= 0.3 is 11.9 Å². The predicted octanol–water partition coefficient (Wildman–Crippen LogP) is 3.06. The minimum absolute atomic E-state index is 0.0678. The molecule has 0 spiro atoms. The van der Waals surface area contributed by atoms with Gasteiger partial charge in [0.15, 0.2) is 5.76 Å². The lowest BCUT2D eigenvalue weighted by molar-refractivity contribution is -0.121. The number of ether oxygens (including phenoxy) is 2. The number of nitrogens with one attached hydrogen (secondary N) is 1. The molecule has 2 heterocycles. The third-order valence-corrected chi connectivity index (χ3v) is 5.59. The third-order valence-electron chi connectivity index (χ3n) is 5.59. The average molecular weight is 462 g/mol. The molecule has 2 amide bonds. The van der Waals surface area contributed by atoms with Gasteiger partial charge in [-0.3, -0.25) is 9.59 Å². The first-order chi connectivity index (χ1) is 16.4. The number of rotatable bonds is 5. The molecule has 1 N–H and O–H groups in total. The van der Waals surface area contributed by atoms with Gasteiger partial charge in [0.2, 0.25) is 5.91 Å². The zero-order valence-electron chi connectivity index (χ0n) is 18.6. The second kappa shape index (κ2) is 9.62. The molecule has 1 atom stereocenters. The van der Waals surface area contributed by atoms with Crippen LogP contribution in [0.4, 0.5) is 5.69 Å². The molecule has 34 heavy (non-hydrogen) atoms. The molecule has 4 rings (SSSR count). The average Bonchev–Trinajstić information content (AvgIpc) is 3.41. The maximum atomic E-state index is 13.4. The van der Waals surface area contributed by atoms with Crippen LogP contribution in [-0.2, 0) is 27.2 Å². The van der Waals surface area contributed by atoms with Crippen LogP contribution in [0.3, 0.4) is 0 Å². The van der Waals surface area contributed by atoms with E-state index in [1.807, 2.05) is 24.3 Å². The Morgan fingerprint density at radius 1 is 0.912 bits per heavy atom. The quantitative estimate of drug-likeness (QED) is 0.580. The number of carbonyl (C=O) groups excluding carboxylic acids is 4. The minimum Gasteiger partial charge on any atom is -0.465 e. The fourth-order valence-corrected chi connectivity index (χ4v) is 3.91. The number of carbonyl (C=O) groups is 4. The van der Waals surface area contributed by atoms with E-state index >= 15 is 0 Å². The van der Waals surface area contributed by atoms with Gasteiger partial charge in [0.25, 0.3) is 5.91 Å². The van der Waals surface area contributed by atoms with Crippen molar-refractivity contribution in [3.8, 4) is 0 Å². The van der Waals surface area contributed by atoms with Crippen LogP contribution in [0.5, 0.6) is 0 Å². The Kier molecular flexibility index (Phi) is 6.44. The van der Waals surface area contributed by atoms with E-state index in [0.29, 0.717) is 0 Å². The summed E-state index contributed by atoms with van der Waals surface area (Å²) in [5.74, 6) is -2.13. The van der Waals surface area contributed by atoms with E-state index in [-0.39, 0.29) is 35.5 Å². The van der Waals surface area contributed by atoms with Crippen molar-refractivity contribution in [3.05, 3.63) is 88.9 Å². The fourth-order valence-electron chi connectivity index (χ4n) is 3.91. The van der Waals surface area contributed by atoms with Gasteiger partial charge in [-0.25, -0.2) is 9.59 Å². The Balaban J connectivity index is 1.67. The zero-order valence-corrected chi connectivity index (χ0v) is 18.6. The van der Waals surface area contributed by atoms with Crippen molar-refractivity contribution in [2.75, 3.05) is 19.5 Å². The van der Waals surface area contributed by atoms with Crippen molar-refractivity contribution in [1.29, 1.82) is 0 Å². The molecule has 0 aliphatic carbocycles. The molecule has 0 saturated carbocycles. The van der Waals surface area contributed by atoms with Crippen molar-refractivity contribution < 1.29 is 33.1 Å². The molecular weight excluding hydrogens is 440 g/mol. The Hall–Kier alpha value is -4.40. The number of esters is 2. The summed E-state index contributed by atoms with van der Waals surface area (Å²) in [5.41, 5.74) is 2.21. The maximum absolute atomic E-state index is 13.4. The first kappa shape index (κ1) is 22.8. The molecule has 0 saturated heterocycles. The lowest BCUT2D eigenvalue weighted by atomic mass is 9.93. The Morgan fingerprint density at radius 2 is 1.56 bits per heavy atom. The highest BCUT2D eigenvalue weighted by Crippen LogP contribution is 2.27. The van der Waals surface area contributed by atoms with Gasteiger partial charge in [0.1, 0.15) is 6.04 Å². The summed E-state index contributed by atoms with van der Waals surface area (Å²) in [4.78, 5) is 52.1. The van der Waals surface area contributed by atoms with E-state index in [0.717, 1.165) is 11.1 Å². The molecule has 1 unspecified atom stereocenters. The van der Waals surface area contributed by atoms with Crippen molar-refractivity contribution in [3.63, 3.8) is 0 Å². The highest BCUT2D eigenvalue weighted by molar-refractivity contribution is 6.03. The number of amides is 2. The molecule has 174 valence electrons. The molecule has 1 aromatic heterocycles.